The Morgan fingerprint density at radius 1 is 1.23 bits per heavy atom. The molecule has 8 heteroatoms. The number of hydrogen-bond acceptors (Lipinski definition) is 4. The van der Waals surface area contributed by atoms with Crippen LogP contribution in [0.3, 0.4) is 0 Å². The van der Waals surface area contributed by atoms with Crippen molar-refractivity contribution in [1.82, 2.24) is 15.6 Å². The Morgan fingerprint density at radius 2 is 1.92 bits per heavy atom. The van der Waals surface area contributed by atoms with Crippen molar-refractivity contribution < 1.29 is 24.2 Å². The van der Waals surface area contributed by atoms with Gasteiger partial charge in [0.05, 0.1) is 0 Å². The van der Waals surface area contributed by atoms with Crippen LogP contribution in [-0.2, 0) is 20.7 Å². The van der Waals surface area contributed by atoms with Crippen LogP contribution in [0.15, 0.2) is 30.5 Å². The first-order chi connectivity index (χ1) is 12.2. The highest BCUT2D eigenvalue weighted by molar-refractivity contribution is 5.88. The molecule has 2 amide bonds. The van der Waals surface area contributed by atoms with E-state index in [9.17, 15) is 19.5 Å². The average molecular weight is 361 g/mol. The Labute approximate surface area is 150 Å². The molecule has 0 aliphatic carbocycles. The number of fused-ring (bicyclic) bond motifs is 1. The smallest absolute Gasteiger partial charge is 0.408 e. The second-order valence-electron chi connectivity index (χ2n) is 6.88. The maximum absolute atomic E-state index is 12.0. The van der Waals surface area contributed by atoms with E-state index in [0.717, 1.165) is 16.5 Å². The van der Waals surface area contributed by atoms with Gasteiger partial charge in [0.25, 0.3) is 0 Å². The third kappa shape index (κ3) is 5.51. The van der Waals surface area contributed by atoms with Crippen molar-refractivity contribution in [3.63, 3.8) is 0 Å². The van der Waals surface area contributed by atoms with Crippen molar-refractivity contribution in [2.24, 2.45) is 0 Å². The Morgan fingerprint density at radius 3 is 2.58 bits per heavy atom. The molecule has 1 atom stereocenters. The molecule has 0 radical (unpaired) electrons. The minimum Gasteiger partial charge on any atom is -0.480 e. The van der Waals surface area contributed by atoms with Gasteiger partial charge in [-0.3, -0.25) is 4.79 Å². The molecule has 4 N–H and O–H groups in total. The molecule has 0 bridgehead atoms. The monoisotopic (exact) mass is 361 g/mol. The summed E-state index contributed by atoms with van der Waals surface area (Å²) in [5.74, 6) is -1.76. The zero-order valence-corrected chi connectivity index (χ0v) is 15.0. The van der Waals surface area contributed by atoms with Crippen LogP contribution in [0.25, 0.3) is 10.9 Å². The van der Waals surface area contributed by atoms with Gasteiger partial charge in [-0.1, -0.05) is 18.2 Å². The maximum Gasteiger partial charge on any atom is 0.408 e. The highest BCUT2D eigenvalue weighted by Crippen LogP contribution is 2.19. The van der Waals surface area contributed by atoms with E-state index in [-0.39, 0.29) is 13.0 Å². The Balaban J connectivity index is 1.94. The number of H-pyrrole nitrogens is 1. The summed E-state index contributed by atoms with van der Waals surface area (Å²) in [5, 5.41) is 15.0. The van der Waals surface area contributed by atoms with Crippen LogP contribution in [0.4, 0.5) is 4.79 Å². The number of hydrogen-bond donors (Lipinski definition) is 4. The number of amides is 2. The quantitative estimate of drug-likeness (QED) is 0.625. The average Bonchev–Trinajstić information content (AvgIpc) is 2.94. The Hall–Kier alpha value is -3.03. The SMILES string of the molecule is CC(C)(C)OC(=O)NCC(=O)N[C@H](Cc1c[nH]c2ccccc12)C(=O)O. The zero-order valence-electron chi connectivity index (χ0n) is 15.0. The van der Waals surface area contributed by atoms with Gasteiger partial charge in [0.1, 0.15) is 18.2 Å². The number of aliphatic carboxylic acids is 1. The van der Waals surface area contributed by atoms with Crippen molar-refractivity contribution in [1.29, 1.82) is 0 Å². The second-order valence-corrected chi connectivity index (χ2v) is 6.88. The number of para-hydroxylation sites is 1. The van der Waals surface area contributed by atoms with E-state index >= 15 is 0 Å². The van der Waals surface area contributed by atoms with Gasteiger partial charge in [-0.25, -0.2) is 9.59 Å². The molecule has 0 unspecified atom stereocenters. The van der Waals surface area contributed by atoms with Crippen LogP contribution in [0.2, 0.25) is 0 Å². The first kappa shape index (κ1) is 19.3. The minimum atomic E-state index is -1.15. The van der Waals surface area contributed by atoms with E-state index in [1.54, 1.807) is 27.0 Å². The summed E-state index contributed by atoms with van der Waals surface area (Å²) >= 11 is 0. The number of alkyl carbamates (subject to hydrolysis) is 1. The molecular formula is C18H23N3O5. The summed E-state index contributed by atoms with van der Waals surface area (Å²) in [6.45, 7) is 4.74. The number of carbonyl (C=O) groups excluding carboxylic acids is 2. The number of rotatable bonds is 6. The third-order valence-corrected chi connectivity index (χ3v) is 3.52. The predicted octanol–water partition coefficient (Wildman–Crippen LogP) is 1.80. The van der Waals surface area contributed by atoms with E-state index in [1.165, 1.54) is 0 Å². The van der Waals surface area contributed by atoms with Crippen molar-refractivity contribution in [2.45, 2.75) is 38.8 Å². The summed E-state index contributed by atoms with van der Waals surface area (Å²) in [6.07, 6.45) is 1.11. The number of benzene rings is 1. The van der Waals surface area contributed by atoms with Gasteiger partial charge in [0.15, 0.2) is 0 Å². The van der Waals surface area contributed by atoms with Gasteiger partial charge in [-0.15, -0.1) is 0 Å². The lowest BCUT2D eigenvalue weighted by molar-refractivity contribution is -0.141. The number of carboxylic acid groups (broad SMARTS) is 1. The molecule has 0 saturated heterocycles. The third-order valence-electron chi connectivity index (χ3n) is 3.52. The molecule has 140 valence electrons. The number of carboxylic acids is 1. The standard InChI is InChI=1S/C18H23N3O5/c1-18(2,3)26-17(25)20-10-15(22)21-14(16(23)24)8-11-9-19-13-7-5-4-6-12(11)13/h4-7,9,14,19H,8,10H2,1-3H3,(H,20,25)(H,21,22)(H,23,24)/t14-/m1/s1. The van der Waals surface area contributed by atoms with Crippen LogP contribution in [0, 0.1) is 0 Å². The highest BCUT2D eigenvalue weighted by Gasteiger charge is 2.23. The summed E-state index contributed by atoms with van der Waals surface area (Å²) < 4.78 is 5.02. The molecular weight excluding hydrogens is 338 g/mol. The molecule has 0 spiro atoms. The lowest BCUT2D eigenvalue weighted by Gasteiger charge is -2.20. The molecule has 8 nitrogen and oxygen atoms in total. The van der Waals surface area contributed by atoms with Crippen LogP contribution in [0.1, 0.15) is 26.3 Å². The van der Waals surface area contributed by atoms with Crippen molar-refractivity contribution in [3.8, 4) is 0 Å². The molecule has 0 saturated carbocycles. The fraction of sp³-hybridized carbons (Fsp3) is 0.389. The molecule has 26 heavy (non-hydrogen) atoms. The van der Waals surface area contributed by atoms with Crippen molar-refractivity contribution in [2.75, 3.05) is 6.54 Å². The van der Waals surface area contributed by atoms with E-state index < -0.39 is 29.6 Å². The van der Waals surface area contributed by atoms with Crippen LogP contribution in [-0.4, -0.2) is 46.2 Å². The van der Waals surface area contributed by atoms with Gasteiger partial charge in [0.2, 0.25) is 5.91 Å². The fourth-order valence-electron chi connectivity index (χ4n) is 2.43. The fourth-order valence-corrected chi connectivity index (χ4v) is 2.43. The lowest BCUT2D eigenvalue weighted by Crippen LogP contribution is -2.47. The first-order valence-corrected chi connectivity index (χ1v) is 8.20. The Kier molecular flexibility index (Phi) is 5.86. The molecule has 0 aliphatic rings. The van der Waals surface area contributed by atoms with Gasteiger partial charge >= 0.3 is 12.1 Å². The molecule has 2 rings (SSSR count). The lowest BCUT2D eigenvalue weighted by atomic mass is 10.1. The van der Waals surface area contributed by atoms with Gasteiger partial charge in [0, 0.05) is 23.5 Å². The normalized spacial score (nSPS) is 12.4. The maximum atomic E-state index is 12.0. The van der Waals surface area contributed by atoms with Crippen molar-refractivity contribution >= 4 is 28.9 Å². The second kappa shape index (κ2) is 7.90. The minimum absolute atomic E-state index is 0.123. The summed E-state index contributed by atoms with van der Waals surface area (Å²) in [5.41, 5.74) is 0.998. The van der Waals surface area contributed by atoms with E-state index in [2.05, 4.69) is 15.6 Å². The number of nitrogens with one attached hydrogen (secondary N) is 3. The van der Waals surface area contributed by atoms with E-state index in [4.69, 9.17) is 4.74 Å². The van der Waals surface area contributed by atoms with Gasteiger partial charge in [-0.2, -0.15) is 0 Å². The van der Waals surface area contributed by atoms with Crippen LogP contribution >= 0.6 is 0 Å². The van der Waals surface area contributed by atoms with Crippen molar-refractivity contribution in [3.05, 3.63) is 36.0 Å². The van der Waals surface area contributed by atoms with E-state index in [0.29, 0.717) is 0 Å². The van der Waals surface area contributed by atoms with Gasteiger partial charge in [-0.05, 0) is 32.4 Å². The van der Waals surface area contributed by atoms with Crippen LogP contribution < -0.4 is 10.6 Å². The number of carbonyl (C=O) groups is 3. The molecule has 0 aliphatic heterocycles. The number of aromatic amines is 1. The van der Waals surface area contributed by atoms with Gasteiger partial charge < -0.3 is 25.5 Å². The molecule has 2 aromatic rings. The topological polar surface area (TPSA) is 121 Å². The zero-order chi connectivity index (χ0) is 19.3. The highest BCUT2D eigenvalue weighted by atomic mass is 16.6. The largest absolute Gasteiger partial charge is 0.480 e. The molecule has 1 heterocycles. The molecule has 1 aromatic heterocycles. The Bertz CT molecular complexity index is 807. The summed E-state index contributed by atoms with van der Waals surface area (Å²) in [7, 11) is 0. The number of ether oxygens (including phenoxy) is 1. The molecule has 1 aromatic carbocycles. The molecule has 0 fully saturated rings. The first-order valence-electron chi connectivity index (χ1n) is 8.20. The number of aromatic nitrogens is 1. The summed E-state index contributed by atoms with van der Waals surface area (Å²) in [4.78, 5) is 38.1. The van der Waals surface area contributed by atoms with E-state index in [1.807, 2.05) is 24.3 Å². The summed E-state index contributed by atoms with van der Waals surface area (Å²) in [6, 6.07) is 6.39. The van der Waals surface area contributed by atoms with Crippen LogP contribution in [0.5, 0.6) is 0 Å². The predicted molar refractivity (Wildman–Crippen MR) is 95.8 cm³/mol.